The van der Waals surface area contributed by atoms with E-state index in [1.165, 1.54) is 13.1 Å². The average Bonchev–Trinajstić information content (AvgIpc) is 3.28. The summed E-state index contributed by atoms with van der Waals surface area (Å²) in [5.74, 6) is 0.510. The molecule has 1 fully saturated rings. The summed E-state index contributed by atoms with van der Waals surface area (Å²) in [5, 5.41) is 4.04. The molecule has 1 amide bonds. The van der Waals surface area contributed by atoms with Crippen molar-refractivity contribution in [2.24, 2.45) is 0 Å². The number of piperazine rings is 1. The number of amides is 1. The van der Waals surface area contributed by atoms with Crippen LogP contribution in [0, 0.1) is 0 Å². The standard InChI is InChI=1S/C26H31ClF3N7O3/c1-15(19(38)5-6-26(28,29)30)33-20-12-21(36-7-9-37(10-8-36)24(39)40-25(2,3)4)35-23(34-20)18-14-32-22-17(18)11-16(27)13-31-22/h11-15H,5-10H2,1-4H3,(H,31,32)(H,33,34,35)/t15-/m0/s1. The molecule has 216 valence electrons. The molecule has 0 bridgehead atoms. The van der Waals surface area contributed by atoms with Crippen LogP contribution in [0.1, 0.15) is 40.5 Å². The SMILES string of the molecule is C[C@H](Nc1cc(N2CCN(C(=O)OC(C)(C)C)CC2)nc(-c2c[nH]c3ncc(Cl)cc23)n1)C(=O)CCC(F)(F)F. The molecule has 1 saturated heterocycles. The van der Waals surface area contributed by atoms with Crippen LogP contribution < -0.4 is 10.2 Å². The zero-order chi connectivity index (χ0) is 29.2. The maximum atomic E-state index is 12.6. The van der Waals surface area contributed by atoms with Crippen molar-refractivity contribution in [2.45, 2.75) is 58.4 Å². The first-order valence-electron chi connectivity index (χ1n) is 12.8. The number of H-pyrrole nitrogens is 1. The van der Waals surface area contributed by atoms with Crippen molar-refractivity contribution in [3.63, 3.8) is 0 Å². The number of Topliss-reactive ketones (excluding diaryl/α,β-unsaturated/α-hetero) is 1. The predicted molar refractivity (Wildman–Crippen MR) is 146 cm³/mol. The summed E-state index contributed by atoms with van der Waals surface area (Å²) in [7, 11) is 0. The predicted octanol–water partition coefficient (Wildman–Crippen LogP) is 5.44. The minimum atomic E-state index is -4.42. The van der Waals surface area contributed by atoms with E-state index in [0.717, 1.165) is 0 Å². The number of anilines is 2. The Hall–Kier alpha value is -3.61. The number of ketones is 1. The van der Waals surface area contributed by atoms with Crippen LogP contribution in [0.15, 0.2) is 24.5 Å². The van der Waals surface area contributed by atoms with Gasteiger partial charge in [-0.15, -0.1) is 0 Å². The number of carbonyl (C=O) groups excluding carboxylic acids is 2. The highest BCUT2D eigenvalue weighted by atomic mass is 35.5. The van der Waals surface area contributed by atoms with Crippen LogP contribution in [0.2, 0.25) is 5.02 Å². The highest BCUT2D eigenvalue weighted by Gasteiger charge is 2.30. The van der Waals surface area contributed by atoms with E-state index in [9.17, 15) is 22.8 Å². The second-order valence-corrected chi connectivity index (χ2v) is 11.0. The molecule has 0 radical (unpaired) electrons. The molecule has 0 aromatic carbocycles. The van der Waals surface area contributed by atoms with Crippen LogP contribution in [-0.4, -0.2) is 80.7 Å². The van der Waals surface area contributed by atoms with Crippen molar-refractivity contribution in [1.29, 1.82) is 0 Å². The van der Waals surface area contributed by atoms with Gasteiger partial charge in [0.05, 0.1) is 17.5 Å². The van der Waals surface area contributed by atoms with Gasteiger partial charge < -0.3 is 24.8 Å². The minimum Gasteiger partial charge on any atom is -0.444 e. The van der Waals surface area contributed by atoms with Gasteiger partial charge in [0.1, 0.15) is 22.9 Å². The number of carbonyl (C=O) groups is 2. The Bertz CT molecular complexity index is 1380. The van der Waals surface area contributed by atoms with E-state index in [1.54, 1.807) is 44.0 Å². The maximum absolute atomic E-state index is 12.6. The number of halogens is 4. The zero-order valence-corrected chi connectivity index (χ0v) is 23.4. The summed E-state index contributed by atoms with van der Waals surface area (Å²) in [6, 6.07) is 2.45. The van der Waals surface area contributed by atoms with Gasteiger partial charge >= 0.3 is 12.3 Å². The Morgan fingerprint density at radius 3 is 2.50 bits per heavy atom. The number of hydrogen-bond acceptors (Lipinski definition) is 8. The average molecular weight is 582 g/mol. The fraction of sp³-hybridized carbons (Fsp3) is 0.500. The van der Waals surface area contributed by atoms with E-state index in [1.807, 2.05) is 4.90 Å². The molecule has 10 nitrogen and oxygen atoms in total. The van der Waals surface area contributed by atoms with Crippen LogP contribution in [0.25, 0.3) is 22.4 Å². The number of nitrogens with zero attached hydrogens (tertiary/aromatic N) is 5. The van der Waals surface area contributed by atoms with Gasteiger partial charge in [-0.05, 0) is 33.8 Å². The van der Waals surface area contributed by atoms with E-state index in [-0.39, 0.29) is 5.82 Å². The van der Waals surface area contributed by atoms with Crippen molar-refractivity contribution in [2.75, 3.05) is 36.4 Å². The molecule has 0 saturated carbocycles. The number of alkyl halides is 3. The number of hydrogen-bond donors (Lipinski definition) is 2. The molecule has 14 heteroatoms. The molecular formula is C26H31ClF3N7O3. The third-order valence-corrected chi connectivity index (χ3v) is 6.42. The first kappa shape index (κ1) is 29.4. The lowest BCUT2D eigenvalue weighted by Gasteiger charge is -2.36. The number of aromatic nitrogens is 4. The third-order valence-electron chi connectivity index (χ3n) is 6.21. The Morgan fingerprint density at radius 1 is 1.15 bits per heavy atom. The highest BCUT2D eigenvalue weighted by Crippen LogP contribution is 2.30. The van der Waals surface area contributed by atoms with Gasteiger partial charge in [-0.2, -0.15) is 13.2 Å². The van der Waals surface area contributed by atoms with Gasteiger partial charge in [0.25, 0.3) is 0 Å². The Balaban J connectivity index is 1.60. The van der Waals surface area contributed by atoms with Gasteiger partial charge in [0.15, 0.2) is 11.6 Å². The van der Waals surface area contributed by atoms with Crippen molar-refractivity contribution < 1.29 is 27.5 Å². The van der Waals surface area contributed by atoms with Crippen LogP contribution in [0.3, 0.4) is 0 Å². The molecule has 0 aliphatic carbocycles. The lowest BCUT2D eigenvalue weighted by atomic mass is 10.1. The molecule has 1 aliphatic heterocycles. The largest absolute Gasteiger partial charge is 0.444 e. The lowest BCUT2D eigenvalue weighted by Crippen LogP contribution is -2.50. The lowest BCUT2D eigenvalue weighted by molar-refractivity contribution is -0.143. The maximum Gasteiger partial charge on any atom is 0.410 e. The summed E-state index contributed by atoms with van der Waals surface area (Å²) < 4.78 is 43.4. The highest BCUT2D eigenvalue weighted by molar-refractivity contribution is 6.31. The number of rotatable bonds is 7. The van der Waals surface area contributed by atoms with Crippen molar-refractivity contribution in [1.82, 2.24) is 24.8 Å². The second kappa shape index (κ2) is 11.5. The molecule has 0 spiro atoms. The third kappa shape index (κ3) is 7.52. The molecule has 1 aliphatic rings. The van der Waals surface area contributed by atoms with E-state index in [4.69, 9.17) is 21.3 Å². The van der Waals surface area contributed by atoms with Gasteiger partial charge in [0, 0.05) is 62.0 Å². The molecule has 2 N–H and O–H groups in total. The van der Waals surface area contributed by atoms with Crippen LogP contribution >= 0.6 is 11.6 Å². The topological polar surface area (TPSA) is 116 Å². The summed E-state index contributed by atoms with van der Waals surface area (Å²) in [4.78, 5) is 45.1. The first-order valence-corrected chi connectivity index (χ1v) is 13.2. The summed E-state index contributed by atoms with van der Waals surface area (Å²) >= 11 is 6.17. The number of nitrogens with one attached hydrogen (secondary N) is 2. The van der Waals surface area contributed by atoms with Gasteiger partial charge in [0.2, 0.25) is 0 Å². The summed E-state index contributed by atoms with van der Waals surface area (Å²) in [6.07, 6.45) is -3.45. The molecule has 4 heterocycles. The number of aromatic amines is 1. The molecule has 4 rings (SSSR count). The number of fused-ring (bicyclic) bond motifs is 1. The molecule has 40 heavy (non-hydrogen) atoms. The summed E-state index contributed by atoms with van der Waals surface area (Å²) in [5.41, 5.74) is 0.574. The fourth-order valence-corrected chi connectivity index (χ4v) is 4.34. The van der Waals surface area contributed by atoms with Crippen LogP contribution in [0.5, 0.6) is 0 Å². The zero-order valence-electron chi connectivity index (χ0n) is 22.6. The normalized spacial score (nSPS) is 15.3. The number of ether oxygens (including phenoxy) is 1. The molecular weight excluding hydrogens is 551 g/mol. The van der Waals surface area contributed by atoms with Gasteiger partial charge in [-0.25, -0.2) is 19.7 Å². The van der Waals surface area contributed by atoms with E-state index in [2.05, 4.69) is 20.3 Å². The van der Waals surface area contributed by atoms with Crippen LogP contribution in [0.4, 0.5) is 29.6 Å². The quantitative estimate of drug-likeness (QED) is 0.379. The van der Waals surface area contributed by atoms with E-state index >= 15 is 0 Å². The molecule has 3 aromatic heterocycles. The van der Waals surface area contributed by atoms with Crippen LogP contribution in [-0.2, 0) is 9.53 Å². The second-order valence-electron chi connectivity index (χ2n) is 10.6. The monoisotopic (exact) mass is 581 g/mol. The summed E-state index contributed by atoms with van der Waals surface area (Å²) in [6.45, 7) is 8.62. The molecule has 0 unspecified atom stereocenters. The van der Waals surface area contributed by atoms with Crippen molar-refractivity contribution >= 4 is 46.1 Å². The number of pyridine rings is 1. The fourth-order valence-electron chi connectivity index (χ4n) is 4.18. The molecule has 1 atom stereocenters. The van der Waals surface area contributed by atoms with Gasteiger partial charge in [-0.3, -0.25) is 4.79 Å². The Morgan fingerprint density at radius 2 is 1.85 bits per heavy atom. The first-order chi connectivity index (χ1) is 18.7. The van der Waals surface area contributed by atoms with Gasteiger partial charge in [-0.1, -0.05) is 11.6 Å². The molecule has 3 aromatic rings. The Labute approximate surface area is 234 Å². The van der Waals surface area contributed by atoms with E-state index in [0.29, 0.717) is 59.4 Å². The smallest absolute Gasteiger partial charge is 0.410 e. The van der Waals surface area contributed by atoms with Crippen molar-refractivity contribution in [3.8, 4) is 11.4 Å². The van der Waals surface area contributed by atoms with Crippen molar-refractivity contribution in [3.05, 3.63) is 29.5 Å². The Kier molecular flexibility index (Phi) is 8.43. The minimum absolute atomic E-state index is 0.270. The van der Waals surface area contributed by atoms with E-state index < -0.39 is 42.5 Å².